The Bertz CT molecular complexity index is 468. The lowest BCUT2D eigenvalue weighted by molar-refractivity contribution is 1.34. The SMILES string of the molecule is C=C(C)c1ccc2sc(C)nc2c1. The minimum absolute atomic E-state index is 1.09. The van der Waals surface area contributed by atoms with E-state index in [0.29, 0.717) is 0 Å². The van der Waals surface area contributed by atoms with Gasteiger partial charge >= 0.3 is 0 Å². The number of aryl methyl sites for hydroxylation is 1. The monoisotopic (exact) mass is 189 g/mol. The Kier molecular flexibility index (Phi) is 1.93. The highest BCUT2D eigenvalue weighted by Gasteiger charge is 2.01. The molecule has 1 aromatic heterocycles. The number of thiazole rings is 1. The molecule has 0 saturated carbocycles. The van der Waals surface area contributed by atoms with Gasteiger partial charge in [-0.05, 0) is 31.5 Å². The molecule has 0 unspecified atom stereocenters. The van der Waals surface area contributed by atoms with E-state index in [9.17, 15) is 0 Å². The van der Waals surface area contributed by atoms with Crippen molar-refractivity contribution in [3.8, 4) is 0 Å². The normalized spacial score (nSPS) is 10.6. The second-order valence-electron chi connectivity index (χ2n) is 3.20. The summed E-state index contributed by atoms with van der Waals surface area (Å²) in [7, 11) is 0. The Morgan fingerprint density at radius 1 is 1.46 bits per heavy atom. The van der Waals surface area contributed by atoms with Gasteiger partial charge in [-0.15, -0.1) is 11.3 Å². The molecule has 0 radical (unpaired) electrons. The fraction of sp³-hybridized carbons (Fsp3) is 0.182. The van der Waals surface area contributed by atoms with Crippen molar-refractivity contribution >= 4 is 27.1 Å². The molecule has 0 spiro atoms. The Labute approximate surface area is 81.7 Å². The smallest absolute Gasteiger partial charge is 0.0907 e. The number of rotatable bonds is 1. The summed E-state index contributed by atoms with van der Waals surface area (Å²) in [6.45, 7) is 7.96. The second-order valence-corrected chi connectivity index (χ2v) is 4.43. The zero-order chi connectivity index (χ0) is 9.42. The van der Waals surface area contributed by atoms with Gasteiger partial charge in [-0.1, -0.05) is 18.2 Å². The molecule has 0 saturated heterocycles. The van der Waals surface area contributed by atoms with Crippen LogP contribution >= 0.6 is 11.3 Å². The Balaban J connectivity index is 2.67. The Hall–Kier alpha value is -1.15. The van der Waals surface area contributed by atoms with Crippen LogP contribution in [0.15, 0.2) is 24.8 Å². The van der Waals surface area contributed by atoms with Crippen molar-refractivity contribution < 1.29 is 0 Å². The summed E-state index contributed by atoms with van der Waals surface area (Å²) >= 11 is 1.73. The summed E-state index contributed by atoms with van der Waals surface area (Å²) in [5, 5.41) is 1.12. The van der Waals surface area contributed by atoms with Gasteiger partial charge in [0.05, 0.1) is 15.2 Å². The molecule has 0 atom stereocenters. The highest BCUT2D eigenvalue weighted by Crippen LogP contribution is 2.24. The summed E-state index contributed by atoms with van der Waals surface area (Å²) in [5.74, 6) is 0. The van der Waals surface area contributed by atoms with E-state index in [1.54, 1.807) is 11.3 Å². The molecule has 2 rings (SSSR count). The molecular formula is C11H11NS. The lowest BCUT2D eigenvalue weighted by atomic mass is 10.1. The first-order chi connectivity index (χ1) is 6.16. The highest BCUT2D eigenvalue weighted by molar-refractivity contribution is 7.18. The molecule has 0 aliphatic carbocycles. The molecule has 0 N–H and O–H groups in total. The maximum Gasteiger partial charge on any atom is 0.0907 e. The summed E-state index contributed by atoms with van der Waals surface area (Å²) in [4.78, 5) is 4.43. The molecule has 1 aromatic carbocycles. The molecular weight excluding hydrogens is 178 g/mol. The third-order valence-corrected chi connectivity index (χ3v) is 2.94. The van der Waals surface area contributed by atoms with Crippen LogP contribution < -0.4 is 0 Å². The van der Waals surface area contributed by atoms with Crippen molar-refractivity contribution in [3.05, 3.63) is 35.3 Å². The van der Waals surface area contributed by atoms with Gasteiger partial charge in [-0.2, -0.15) is 0 Å². The van der Waals surface area contributed by atoms with E-state index in [4.69, 9.17) is 0 Å². The van der Waals surface area contributed by atoms with E-state index in [-0.39, 0.29) is 0 Å². The van der Waals surface area contributed by atoms with E-state index < -0.39 is 0 Å². The fourth-order valence-electron chi connectivity index (χ4n) is 1.31. The minimum atomic E-state index is 1.09. The number of hydrogen-bond acceptors (Lipinski definition) is 2. The summed E-state index contributed by atoms with van der Waals surface area (Å²) in [6.07, 6.45) is 0. The van der Waals surface area contributed by atoms with Gasteiger partial charge < -0.3 is 0 Å². The van der Waals surface area contributed by atoms with Crippen LogP contribution in [0.5, 0.6) is 0 Å². The predicted molar refractivity (Wildman–Crippen MR) is 59.1 cm³/mol. The van der Waals surface area contributed by atoms with Crippen LogP contribution in [-0.2, 0) is 0 Å². The van der Waals surface area contributed by atoms with Crippen molar-refractivity contribution in [1.29, 1.82) is 0 Å². The summed E-state index contributed by atoms with van der Waals surface area (Å²) in [6, 6.07) is 6.31. The van der Waals surface area contributed by atoms with Crippen molar-refractivity contribution in [2.75, 3.05) is 0 Å². The largest absolute Gasteiger partial charge is 0.241 e. The van der Waals surface area contributed by atoms with Crippen molar-refractivity contribution in [3.63, 3.8) is 0 Å². The van der Waals surface area contributed by atoms with Gasteiger partial charge in [0.1, 0.15) is 0 Å². The lowest BCUT2D eigenvalue weighted by Gasteiger charge is -1.97. The van der Waals surface area contributed by atoms with Crippen molar-refractivity contribution in [2.45, 2.75) is 13.8 Å². The molecule has 0 aliphatic heterocycles. The lowest BCUT2D eigenvalue weighted by Crippen LogP contribution is -1.77. The van der Waals surface area contributed by atoms with Crippen molar-refractivity contribution in [2.24, 2.45) is 0 Å². The van der Waals surface area contributed by atoms with Gasteiger partial charge in [0.25, 0.3) is 0 Å². The minimum Gasteiger partial charge on any atom is -0.241 e. The molecule has 2 aromatic rings. The van der Waals surface area contributed by atoms with Crippen LogP contribution in [0.2, 0.25) is 0 Å². The molecule has 2 heteroatoms. The summed E-state index contributed by atoms with van der Waals surface area (Å²) in [5.41, 5.74) is 3.35. The third-order valence-electron chi connectivity index (χ3n) is 1.99. The molecule has 0 bridgehead atoms. The number of benzene rings is 1. The molecule has 1 nitrogen and oxygen atoms in total. The second kappa shape index (κ2) is 2.96. The van der Waals surface area contributed by atoms with Crippen LogP contribution in [0.3, 0.4) is 0 Å². The van der Waals surface area contributed by atoms with E-state index in [2.05, 4.69) is 29.8 Å². The zero-order valence-electron chi connectivity index (χ0n) is 7.79. The highest BCUT2D eigenvalue weighted by atomic mass is 32.1. The zero-order valence-corrected chi connectivity index (χ0v) is 8.61. The summed E-state index contributed by atoms with van der Waals surface area (Å²) < 4.78 is 1.25. The molecule has 13 heavy (non-hydrogen) atoms. The molecule has 66 valence electrons. The molecule has 0 fully saturated rings. The standard InChI is InChI=1S/C11H11NS/c1-7(2)9-4-5-11-10(6-9)12-8(3)13-11/h4-6H,1H2,2-3H3. The number of fused-ring (bicyclic) bond motifs is 1. The van der Waals surface area contributed by atoms with Crippen molar-refractivity contribution in [1.82, 2.24) is 4.98 Å². The van der Waals surface area contributed by atoms with Crippen LogP contribution in [-0.4, -0.2) is 4.98 Å². The van der Waals surface area contributed by atoms with Crippen LogP contribution in [0, 0.1) is 6.92 Å². The third kappa shape index (κ3) is 1.49. The maximum absolute atomic E-state index is 4.43. The number of nitrogens with zero attached hydrogens (tertiary/aromatic N) is 1. The van der Waals surface area contributed by atoms with E-state index >= 15 is 0 Å². The van der Waals surface area contributed by atoms with Gasteiger partial charge in [-0.3, -0.25) is 0 Å². The first-order valence-electron chi connectivity index (χ1n) is 4.20. The van der Waals surface area contributed by atoms with Crippen LogP contribution in [0.4, 0.5) is 0 Å². The number of aromatic nitrogens is 1. The molecule has 0 aliphatic rings. The molecule has 0 amide bonds. The number of allylic oxidation sites excluding steroid dienone is 1. The van der Waals surface area contributed by atoms with Gasteiger partial charge in [0.15, 0.2) is 0 Å². The molecule has 1 heterocycles. The van der Waals surface area contributed by atoms with E-state index in [1.165, 1.54) is 10.3 Å². The maximum atomic E-state index is 4.43. The van der Waals surface area contributed by atoms with Gasteiger partial charge in [0.2, 0.25) is 0 Å². The predicted octanol–water partition coefficient (Wildman–Crippen LogP) is 3.64. The van der Waals surface area contributed by atoms with Gasteiger partial charge in [0, 0.05) is 0 Å². The quantitative estimate of drug-likeness (QED) is 0.667. The van der Waals surface area contributed by atoms with E-state index in [0.717, 1.165) is 16.1 Å². The fourth-order valence-corrected chi connectivity index (χ4v) is 2.12. The van der Waals surface area contributed by atoms with Gasteiger partial charge in [-0.25, -0.2) is 4.98 Å². The first-order valence-corrected chi connectivity index (χ1v) is 5.01. The average Bonchev–Trinajstić information content (AvgIpc) is 2.42. The number of hydrogen-bond donors (Lipinski definition) is 0. The topological polar surface area (TPSA) is 12.9 Å². The van der Waals surface area contributed by atoms with E-state index in [1.807, 2.05) is 13.8 Å². The van der Waals surface area contributed by atoms with Crippen LogP contribution in [0.25, 0.3) is 15.8 Å². The van der Waals surface area contributed by atoms with Crippen LogP contribution in [0.1, 0.15) is 17.5 Å². The Morgan fingerprint density at radius 2 is 2.23 bits per heavy atom. The average molecular weight is 189 g/mol. The first kappa shape index (κ1) is 8.45. The Morgan fingerprint density at radius 3 is 2.92 bits per heavy atom.